The minimum absolute atomic E-state index is 0.0903. The fraction of sp³-hybridized carbons (Fsp3) is 0.667. The van der Waals surface area contributed by atoms with Gasteiger partial charge >= 0.3 is 0 Å². The molecule has 1 saturated carbocycles. The van der Waals surface area contributed by atoms with E-state index in [1.807, 2.05) is 32.0 Å². The van der Waals surface area contributed by atoms with E-state index in [9.17, 15) is 8.42 Å². The van der Waals surface area contributed by atoms with E-state index in [1.54, 1.807) is 4.31 Å². The van der Waals surface area contributed by atoms with Crippen molar-refractivity contribution in [1.82, 2.24) is 14.4 Å². The molecule has 31 heavy (non-hydrogen) atoms. The molecular formula is C24H35N3O3S. The molecule has 0 N–H and O–H groups in total. The predicted octanol–water partition coefficient (Wildman–Crippen LogP) is 4.78. The molecular weight excluding hydrogens is 410 g/mol. The molecule has 2 aromatic rings. The van der Waals surface area contributed by atoms with E-state index in [1.165, 1.54) is 24.8 Å². The minimum atomic E-state index is -3.35. The van der Waals surface area contributed by atoms with Crippen molar-refractivity contribution in [3.8, 4) is 0 Å². The number of hydrogen-bond acceptors (Lipinski definition) is 5. The zero-order chi connectivity index (χ0) is 21.8. The average Bonchev–Trinajstić information content (AvgIpc) is 3.32. The van der Waals surface area contributed by atoms with Crippen LogP contribution in [0.15, 0.2) is 34.9 Å². The monoisotopic (exact) mass is 445 g/mol. The normalized spacial score (nSPS) is 22.8. The summed E-state index contributed by atoms with van der Waals surface area (Å²) in [6.45, 7) is 4.49. The van der Waals surface area contributed by atoms with Gasteiger partial charge < -0.3 is 4.52 Å². The van der Waals surface area contributed by atoms with Crippen molar-refractivity contribution in [3.63, 3.8) is 0 Å². The zero-order valence-electron chi connectivity index (χ0n) is 18.7. The SMILES string of the molecule is CC(C)CS(=O)(=O)N1CC(CC2CCC2)CC1c1nc(CCCc2ccccc2)no1. The summed E-state index contributed by atoms with van der Waals surface area (Å²) >= 11 is 0. The van der Waals surface area contributed by atoms with Crippen LogP contribution in [0, 0.1) is 17.8 Å². The summed E-state index contributed by atoms with van der Waals surface area (Å²) in [5.41, 5.74) is 1.30. The van der Waals surface area contributed by atoms with E-state index >= 15 is 0 Å². The Balaban J connectivity index is 1.43. The van der Waals surface area contributed by atoms with Crippen LogP contribution in [0.3, 0.4) is 0 Å². The molecule has 1 aliphatic heterocycles. The van der Waals surface area contributed by atoms with Gasteiger partial charge in [-0.05, 0) is 49.0 Å². The Morgan fingerprint density at radius 1 is 1.13 bits per heavy atom. The highest BCUT2D eigenvalue weighted by Gasteiger charge is 2.44. The van der Waals surface area contributed by atoms with Crippen molar-refractivity contribution in [3.05, 3.63) is 47.6 Å². The lowest BCUT2D eigenvalue weighted by molar-refractivity contribution is 0.252. The van der Waals surface area contributed by atoms with E-state index in [4.69, 9.17) is 4.52 Å². The summed E-state index contributed by atoms with van der Waals surface area (Å²) in [4.78, 5) is 4.63. The molecule has 2 aliphatic rings. The van der Waals surface area contributed by atoms with Crippen molar-refractivity contribution in [2.75, 3.05) is 12.3 Å². The van der Waals surface area contributed by atoms with Gasteiger partial charge in [-0.15, -0.1) is 0 Å². The van der Waals surface area contributed by atoms with Crippen molar-refractivity contribution >= 4 is 10.0 Å². The summed E-state index contributed by atoms with van der Waals surface area (Å²) in [6.07, 6.45) is 8.42. The molecule has 0 radical (unpaired) electrons. The highest BCUT2D eigenvalue weighted by molar-refractivity contribution is 7.89. The van der Waals surface area contributed by atoms with Crippen LogP contribution >= 0.6 is 0 Å². The molecule has 1 saturated heterocycles. The van der Waals surface area contributed by atoms with E-state index < -0.39 is 10.0 Å². The fourth-order valence-corrected chi connectivity index (χ4v) is 6.94. The molecule has 1 aromatic heterocycles. The molecule has 6 nitrogen and oxygen atoms in total. The lowest BCUT2D eigenvalue weighted by atomic mass is 9.78. The van der Waals surface area contributed by atoms with Crippen LogP contribution in [0.25, 0.3) is 0 Å². The van der Waals surface area contributed by atoms with Gasteiger partial charge in [0.2, 0.25) is 15.9 Å². The molecule has 2 heterocycles. The predicted molar refractivity (Wildman–Crippen MR) is 121 cm³/mol. The van der Waals surface area contributed by atoms with E-state index in [-0.39, 0.29) is 17.7 Å². The molecule has 0 bridgehead atoms. The average molecular weight is 446 g/mol. The molecule has 7 heteroatoms. The number of rotatable bonds is 10. The van der Waals surface area contributed by atoms with Crippen LogP contribution in [0.4, 0.5) is 0 Å². The van der Waals surface area contributed by atoms with Crippen LogP contribution in [-0.4, -0.2) is 35.2 Å². The lowest BCUT2D eigenvalue weighted by Crippen LogP contribution is -2.35. The van der Waals surface area contributed by atoms with Gasteiger partial charge in [-0.3, -0.25) is 0 Å². The quantitative estimate of drug-likeness (QED) is 0.526. The van der Waals surface area contributed by atoms with E-state index in [0.717, 1.165) is 38.0 Å². The topological polar surface area (TPSA) is 76.3 Å². The third-order valence-electron chi connectivity index (χ3n) is 6.61. The maximum atomic E-state index is 13.1. The largest absolute Gasteiger partial charge is 0.338 e. The molecule has 4 rings (SSSR count). The number of sulfonamides is 1. The fourth-order valence-electron chi connectivity index (χ4n) is 4.91. The van der Waals surface area contributed by atoms with Crippen LogP contribution in [0.5, 0.6) is 0 Å². The first-order valence-corrected chi connectivity index (χ1v) is 13.4. The Morgan fingerprint density at radius 2 is 1.90 bits per heavy atom. The summed E-state index contributed by atoms with van der Waals surface area (Å²) in [7, 11) is -3.35. The first-order valence-electron chi connectivity index (χ1n) is 11.8. The van der Waals surface area contributed by atoms with Crippen LogP contribution < -0.4 is 0 Å². The minimum Gasteiger partial charge on any atom is -0.338 e. The van der Waals surface area contributed by atoms with Crippen molar-refractivity contribution in [2.24, 2.45) is 17.8 Å². The van der Waals surface area contributed by atoms with Crippen molar-refractivity contribution in [1.29, 1.82) is 0 Å². The summed E-state index contributed by atoms with van der Waals surface area (Å²) in [5.74, 6) is 2.54. The van der Waals surface area contributed by atoms with Crippen molar-refractivity contribution < 1.29 is 12.9 Å². The van der Waals surface area contributed by atoms with Gasteiger partial charge in [0.15, 0.2) is 5.82 Å². The number of nitrogens with zero attached hydrogens (tertiary/aromatic N) is 3. The molecule has 2 atom stereocenters. The third-order valence-corrected chi connectivity index (χ3v) is 8.82. The van der Waals surface area contributed by atoms with Gasteiger partial charge in [-0.1, -0.05) is 68.6 Å². The summed E-state index contributed by atoms with van der Waals surface area (Å²) in [6, 6.07) is 10.1. The van der Waals surface area contributed by atoms with Gasteiger partial charge in [-0.2, -0.15) is 9.29 Å². The van der Waals surface area contributed by atoms with Gasteiger partial charge in [-0.25, -0.2) is 8.42 Å². The Morgan fingerprint density at radius 3 is 2.58 bits per heavy atom. The van der Waals surface area contributed by atoms with Gasteiger partial charge in [0, 0.05) is 13.0 Å². The van der Waals surface area contributed by atoms with Crippen molar-refractivity contribution in [2.45, 2.75) is 71.3 Å². The second-order valence-corrected chi connectivity index (χ2v) is 11.7. The number of hydrogen-bond donors (Lipinski definition) is 0. The van der Waals surface area contributed by atoms with E-state index in [0.29, 0.717) is 24.2 Å². The molecule has 170 valence electrons. The second kappa shape index (κ2) is 9.82. The number of benzene rings is 1. The highest BCUT2D eigenvalue weighted by atomic mass is 32.2. The third kappa shape index (κ3) is 5.75. The lowest BCUT2D eigenvalue weighted by Gasteiger charge is -2.28. The van der Waals surface area contributed by atoms with Gasteiger partial charge in [0.05, 0.1) is 5.75 Å². The molecule has 1 aromatic carbocycles. The number of aryl methyl sites for hydroxylation is 2. The van der Waals surface area contributed by atoms with Gasteiger partial charge in [0.25, 0.3) is 0 Å². The second-order valence-electron chi connectivity index (χ2n) is 9.78. The molecule has 2 unspecified atom stereocenters. The van der Waals surface area contributed by atoms with Crippen LogP contribution in [-0.2, 0) is 22.9 Å². The maximum absolute atomic E-state index is 13.1. The number of aromatic nitrogens is 2. The Hall–Kier alpha value is -1.73. The zero-order valence-corrected chi connectivity index (χ0v) is 19.6. The smallest absolute Gasteiger partial charge is 0.245 e. The molecule has 2 fully saturated rings. The maximum Gasteiger partial charge on any atom is 0.245 e. The van der Waals surface area contributed by atoms with Crippen LogP contribution in [0.2, 0.25) is 0 Å². The first-order chi connectivity index (χ1) is 14.9. The Labute approximate surface area is 186 Å². The highest BCUT2D eigenvalue weighted by Crippen LogP contribution is 2.43. The molecule has 0 amide bonds. The Kier molecular flexibility index (Phi) is 7.12. The summed E-state index contributed by atoms with van der Waals surface area (Å²) in [5, 5.41) is 4.18. The molecule has 0 spiro atoms. The standard InChI is InChI=1S/C24H35N3O3S/c1-18(2)17-31(28,29)27-16-21(14-20-11-6-12-20)15-22(27)24-25-23(26-30-24)13-7-10-19-8-4-3-5-9-19/h3-5,8-9,18,20-22H,6-7,10-17H2,1-2H3. The summed E-state index contributed by atoms with van der Waals surface area (Å²) < 4.78 is 33.5. The van der Waals surface area contributed by atoms with Crippen LogP contribution in [0.1, 0.15) is 75.7 Å². The Bertz CT molecular complexity index is 938. The van der Waals surface area contributed by atoms with E-state index in [2.05, 4.69) is 22.3 Å². The molecule has 1 aliphatic carbocycles. The first kappa shape index (κ1) is 22.5. The van der Waals surface area contributed by atoms with Gasteiger partial charge in [0.1, 0.15) is 6.04 Å².